The van der Waals surface area contributed by atoms with Crippen molar-refractivity contribution in [3.8, 4) is 5.75 Å². The number of aryl methyl sites for hydroxylation is 2. The molecule has 1 rings (SSSR count). The van der Waals surface area contributed by atoms with Crippen LogP contribution in [0.5, 0.6) is 5.75 Å². The molecule has 0 heterocycles. The first-order chi connectivity index (χ1) is 7.69. The van der Waals surface area contributed by atoms with E-state index in [2.05, 4.69) is 37.6 Å². The van der Waals surface area contributed by atoms with Crippen LogP contribution in [0, 0.1) is 13.8 Å². The van der Waals surface area contributed by atoms with E-state index in [0.29, 0.717) is 0 Å². The van der Waals surface area contributed by atoms with Crippen LogP contribution < -0.4 is 10.1 Å². The Balaban J connectivity index is 2.61. The molecule has 0 spiro atoms. The van der Waals surface area contributed by atoms with E-state index < -0.39 is 0 Å². The zero-order valence-electron chi connectivity index (χ0n) is 10.6. The van der Waals surface area contributed by atoms with Gasteiger partial charge in [-0.2, -0.15) is 11.8 Å². The largest absolute Gasteiger partial charge is 0.496 e. The molecule has 1 aromatic rings. The topological polar surface area (TPSA) is 21.3 Å². The number of thioether (sulfide) groups is 1. The van der Waals surface area contributed by atoms with E-state index in [1.54, 1.807) is 7.11 Å². The molecule has 16 heavy (non-hydrogen) atoms. The highest BCUT2D eigenvalue weighted by Crippen LogP contribution is 2.24. The molecule has 1 aromatic carbocycles. The van der Waals surface area contributed by atoms with Crippen LogP contribution in [0.2, 0.25) is 0 Å². The molecule has 0 saturated carbocycles. The molecule has 90 valence electrons. The van der Waals surface area contributed by atoms with Gasteiger partial charge in [-0.05, 0) is 36.8 Å². The summed E-state index contributed by atoms with van der Waals surface area (Å²) >= 11 is 1.87. The highest BCUT2D eigenvalue weighted by Gasteiger charge is 2.04. The van der Waals surface area contributed by atoms with Gasteiger partial charge < -0.3 is 10.1 Å². The van der Waals surface area contributed by atoms with E-state index >= 15 is 0 Å². The first-order valence-electron chi connectivity index (χ1n) is 5.52. The summed E-state index contributed by atoms with van der Waals surface area (Å²) in [4.78, 5) is 0. The van der Waals surface area contributed by atoms with Crippen molar-refractivity contribution in [3.63, 3.8) is 0 Å². The van der Waals surface area contributed by atoms with Gasteiger partial charge in [-0.25, -0.2) is 0 Å². The Bertz CT molecular complexity index is 316. The van der Waals surface area contributed by atoms with Crippen LogP contribution in [0.15, 0.2) is 12.1 Å². The average molecular weight is 239 g/mol. The van der Waals surface area contributed by atoms with Crippen LogP contribution in [0.3, 0.4) is 0 Å². The molecule has 0 unspecified atom stereocenters. The second-order valence-electron chi connectivity index (χ2n) is 3.93. The van der Waals surface area contributed by atoms with Crippen molar-refractivity contribution >= 4 is 11.8 Å². The van der Waals surface area contributed by atoms with E-state index in [4.69, 9.17) is 4.74 Å². The van der Waals surface area contributed by atoms with Crippen molar-refractivity contribution in [2.45, 2.75) is 20.4 Å². The molecule has 0 radical (unpaired) electrons. The molecular weight excluding hydrogens is 218 g/mol. The standard InChI is InChI=1S/C13H21NOS/c1-10-7-12(9-14-5-6-16-4)8-11(2)13(10)15-3/h7-8,14H,5-6,9H2,1-4H3. The van der Waals surface area contributed by atoms with E-state index in [0.717, 1.165) is 24.6 Å². The first-order valence-corrected chi connectivity index (χ1v) is 6.92. The zero-order chi connectivity index (χ0) is 12.0. The van der Waals surface area contributed by atoms with Crippen LogP contribution in [-0.2, 0) is 6.54 Å². The van der Waals surface area contributed by atoms with Crippen molar-refractivity contribution in [1.82, 2.24) is 5.32 Å². The van der Waals surface area contributed by atoms with Gasteiger partial charge in [-0.15, -0.1) is 0 Å². The molecule has 0 aliphatic rings. The third kappa shape index (κ3) is 3.72. The minimum Gasteiger partial charge on any atom is -0.496 e. The van der Waals surface area contributed by atoms with Crippen molar-refractivity contribution in [2.75, 3.05) is 25.7 Å². The molecule has 2 nitrogen and oxygen atoms in total. The fourth-order valence-corrected chi connectivity index (χ4v) is 2.22. The fourth-order valence-electron chi connectivity index (χ4n) is 1.87. The molecule has 3 heteroatoms. The molecular formula is C13H21NOS. The van der Waals surface area contributed by atoms with Crippen LogP contribution in [-0.4, -0.2) is 25.7 Å². The van der Waals surface area contributed by atoms with E-state index in [1.807, 2.05) is 11.8 Å². The molecule has 0 fully saturated rings. The summed E-state index contributed by atoms with van der Waals surface area (Å²) in [5, 5.41) is 3.43. The molecule has 0 aromatic heterocycles. The molecule has 0 saturated heterocycles. The van der Waals surface area contributed by atoms with E-state index in [1.165, 1.54) is 16.7 Å². The van der Waals surface area contributed by atoms with Crippen LogP contribution >= 0.6 is 11.8 Å². The quantitative estimate of drug-likeness (QED) is 0.771. The van der Waals surface area contributed by atoms with E-state index in [9.17, 15) is 0 Å². The summed E-state index contributed by atoms with van der Waals surface area (Å²) in [7, 11) is 1.73. The van der Waals surface area contributed by atoms with E-state index in [-0.39, 0.29) is 0 Å². The first kappa shape index (κ1) is 13.4. The number of nitrogens with one attached hydrogen (secondary N) is 1. The average Bonchev–Trinajstić information content (AvgIpc) is 2.24. The highest BCUT2D eigenvalue weighted by atomic mass is 32.2. The normalized spacial score (nSPS) is 10.5. The lowest BCUT2D eigenvalue weighted by Gasteiger charge is -2.11. The van der Waals surface area contributed by atoms with Crippen molar-refractivity contribution in [2.24, 2.45) is 0 Å². The Morgan fingerprint density at radius 1 is 1.25 bits per heavy atom. The smallest absolute Gasteiger partial charge is 0.124 e. The lowest BCUT2D eigenvalue weighted by atomic mass is 10.1. The van der Waals surface area contributed by atoms with Crippen LogP contribution in [0.1, 0.15) is 16.7 Å². The summed E-state index contributed by atoms with van der Waals surface area (Å²) < 4.78 is 5.35. The second kappa shape index (κ2) is 6.81. The maximum absolute atomic E-state index is 5.35. The van der Waals surface area contributed by atoms with Gasteiger partial charge in [0, 0.05) is 18.8 Å². The highest BCUT2D eigenvalue weighted by molar-refractivity contribution is 7.98. The van der Waals surface area contributed by atoms with Gasteiger partial charge in [0.25, 0.3) is 0 Å². The van der Waals surface area contributed by atoms with Gasteiger partial charge in [0.1, 0.15) is 5.75 Å². The Morgan fingerprint density at radius 2 is 1.88 bits per heavy atom. The molecule has 0 amide bonds. The molecule has 0 aliphatic heterocycles. The Morgan fingerprint density at radius 3 is 2.38 bits per heavy atom. The molecule has 0 bridgehead atoms. The third-order valence-corrected chi connectivity index (χ3v) is 3.15. The third-order valence-electron chi connectivity index (χ3n) is 2.54. The number of rotatable bonds is 6. The van der Waals surface area contributed by atoms with Gasteiger partial charge >= 0.3 is 0 Å². The number of benzene rings is 1. The molecule has 0 atom stereocenters. The summed E-state index contributed by atoms with van der Waals surface area (Å²) in [6.45, 7) is 6.19. The van der Waals surface area contributed by atoms with Gasteiger partial charge in [0.15, 0.2) is 0 Å². The SMILES string of the molecule is COc1c(C)cc(CNCCSC)cc1C. The van der Waals surface area contributed by atoms with Gasteiger partial charge in [-0.1, -0.05) is 12.1 Å². The zero-order valence-corrected chi connectivity index (χ0v) is 11.4. The number of hydrogen-bond donors (Lipinski definition) is 1. The van der Waals surface area contributed by atoms with Crippen LogP contribution in [0.25, 0.3) is 0 Å². The Hall–Kier alpha value is -0.670. The minimum absolute atomic E-state index is 0.937. The predicted molar refractivity (Wildman–Crippen MR) is 72.6 cm³/mol. The fraction of sp³-hybridized carbons (Fsp3) is 0.538. The summed E-state index contributed by atoms with van der Waals surface area (Å²) in [6, 6.07) is 4.38. The van der Waals surface area contributed by atoms with Gasteiger partial charge in [0.2, 0.25) is 0 Å². The Kier molecular flexibility index (Phi) is 5.71. The number of methoxy groups -OCH3 is 1. The predicted octanol–water partition coefficient (Wildman–Crippen LogP) is 2.76. The minimum atomic E-state index is 0.937. The van der Waals surface area contributed by atoms with Crippen molar-refractivity contribution < 1.29 is 4.74 Å². The monoisotopic (exact) mass is 239 g/mol. The molecule has 0 aliphatic carbocycles. The summed E-state index contributed by atoms with van der Waals surface area (Å²) in [5.74, 6) is 2.17. The second-order valence-corrected chi connectivity index (χ2v) is 4.92. The lowest BCUT2D eigenvalue weighted by molar-refractivity contribution is 0.408. The summed E-state index contributed by atoms with van der Waals surface area (Å²) in [6.07, 6.45) is 2.13. The maximum atomic E-state index is 5.35. The summed E-state index contributed by atoms with van der Waals surface area (Å²) in [5.41, 5.74) is 3.75. The molecule has 1 N–H and O–H groups in total. The van der Waals surface area contributed by atoms with Crippen LogP contribution in [0.4, 0.5) is 0 Å². The van der Waals surface area contributed by atoms with Gasteiger partial charge in [-0.3, -0.25) is 0 Å². The van der Waals surface area contributed by atoms with Crippen molar-refractivity contribution in [1.29, 1.82) is 0 Å². The Labute approximate surface area is 103 Å². The number of hydrogen-bond acceptors (Lipinski definition) is 3. The maximum Gasteiger partial charge on any atom is 0.124 e. The number of ether oxygens (including phenoxy) is 1. The van der Waals surface area contributed by atoms with Gasteiger partial charge in [0.05, 0.1) is 7.11 Å². The van der Waals surface area contributed by atoms with Crippen molar-refractivity contribution in [3.05, 3.63) is 28.8 Å². The lowest BCUT2D eigenvalue weighted by Crippen LogP contribution is -2.16.